The summed E-state index contributed by atoms with van der Waals surface area (Å²) < 4.78 is 82.0. The van der Waals surface area contributed by atoms with E-state index in [-0.39, 0.29) is 48.3 Å². The number of halogens is 5. The number of carbonyl (C=O) groups excluding carboxylic acids is 2. The molecule has 1 aliphatic rings. The zero-order valence-electron chi connectivity index (χ0n) is 24.3. The van der Waals surface area contributed by atoms with Crippen LogP contribution in [0.3, 0.4) is 0 Å². The smallest absolute Gasteiger partial charge is 0.416 e. The first-order valence-corrected chi connectivity index (χ1v) is 14.5. The first-order chi connectivity index (χ1) is 21.0. The van der Waals surface area contributed by atoms with Crippen molar-refractivity contribution in [2.45, 2.75) is 69.1 Å². The Hall–Kier alpha value is -4.15. The van der Waals surface area contributed by atoms with E-state index in [2.05, 4.69) is 15.4 Å². The molecule has 3 aromatic rings. The molecule has 1 saturated carbocycles. The number of urea groups is 1. The second-order valence-electron chi connectivity index (χ2n) is 10.9. The monoisotopic (exact) mass is 618 g/mol. The van der Waals surface area contributed by atoms with Gasteiger partial charge in [-0.25, -0.2) is 13.6 Å². The molecule has 3 aromatic carbocycles. The highest BCUT2D eigenvalue weighted by atomic mass is 19.4. The van der Waals surface area contributed by atoms with Gasteiger partial charge in [-0.15, -0.1) is 0 Å². The molecule has 0 saturated heterocycles. The molecular weight excluding hydrogens is 583 g/mol. The maximum Gasteiger partial charge on any atom is 0.416 e. The Kier molecular flexibility index (Phi) is 10.8. The summed E-state index contributed by atoms with van der Waals surface area (Å²) >= 11 is 0. The lowest BCUT2D eigenvalue weighted by Gasteiger charge is -2.37. The highest BCUT2D eigenvalue weighted by Crippen LogP contribution is 2.40. The van der Waals surface area contributed by atoms with E-state index in [1.807, 2.05) is 0 Å². The minimum atomic E-state index is -4.87. The Balaban J connectivity index is 1.81. The number of amides is 2. The number of alkyl halides is 3. The highest BCUT2D eigenvalue weighted by Gasteiger charge is 2.40. The fraction of sp³-hybridized carbons (Fsp3) is 0.394. The third-order valence-corrected chi connectivity index (χ3v) is 7.73. The lowest BCUT2D eigenvalue weighted by atomic mass is 9.77. The van der Waals surface area contributed by atoms with E-state index in [0.717, 1.165) is 43.9 Å². The zero-order chi connectivity index (χ0) is 31.7. The van der Waals surface area contributed by atoms with Gasteiger partial charge < -0.3 is 20.1 Å². The number of hydrogen-bond acceptors (Lipinski definition) is 4. The van der Waals surface area contributed by atoms with E-state index in [9.17, 15) is 31.5 Å². The van der Waals surface area contributed by atoms with Gasteiger partial charge in [0.05, 0.1) is 24.8 Å². The Bertz CT molecular complexity index is 1430. The molecule has 4 rings (SSSR count). The van der Waals surface area contributed by atoms with Crippen molar-refractivity contribution >= 4 is 12.0 Å². The molecule has 0 aromatic heterocycles. The van der Waals surface area contributed by atoms with Crippen LogP contribution in [0.25, 0.3) is 0 Å². The van der Waals surface area contributed by atoms with Crippen LogP contribution in [-0.2, 0) is 27.7 Å². The van der Waals surface area contributed by atoms with Crippen molar-refractivity contribution in [3.05, 3.63) is 101 Å². The van der Waals surface area contributed by atoms with Gasteiger partial charge in [0.1, 0.15) is 5.82 Å². The van der Waals surface area contributed by atoms with Gasteiger partial charge >= 0.3 is 18.2 Å². The summed E-state index contributed by atoms with van der Waals surface area (Å²) in [5, 5.41) is 5.77. The molecule has 0 aliphatic heterocycles. The number of rotatable bonds is 12. The molecule has 1 unspecified atom stereocenters. The van der Waals surface area contributed by atoms with Crippen molar-refractivity contribution in [3.8, 4) is 5.75 Å². The van der Waals surface area contributed by atoms with Gasteiger partial charge in [-0.1, -0.05) is 49.2 Å². The van der Waals surface area contributed by atoms with Crippen LogP contribution in [0.5, 0.6) is 5.75 Å². The third kappa shape index (κ3) is 8.48. The largest absolute Gasteiger partial charge is 0.491 e. The maximum absolute atomic E-state index is 15.0. The molecule has 2 amide bonds. The molecule has 236 valence electrons. The number of carbonyl (C=O) groups is 2. The molecule has 2 N–H and O–H groups in total. The van der Waals surface area contributed by atoms with Crippen molar-refractivity contribution in [3.63, 3.8) is 0 Å². The minimum Gasteiger partial charge on any atom is -0.491 e. The zero-order valence-corrected chi connectivity index (χ0v) is 24.3. The summed E-state index contributed by atoms with van der Waals surface area (Å²) in [6.07, 6.45) is -0.617. The highest BCUT2D eigenvalue weighted by molar-refractivity contribution is 5.76. The van der Waals surface area contributed by atoms with Gasteiger partial charge in [-0.05, 0) is 72.7 Å². The predicted molar refractivity (Wildman–Crippen MR) is 154 cm³/mol. The normalized spacial score (nSPS) is 15.0. The Morgan fingerprint density at radius 1 is 0.886 bits per heavy atom. The fourth-order valence-corrected chi connectivity index (χ4v) is 5.48. The van der Waals surface area contributed by atoms with Crippen molar-refractivity contribution in [2.75, 3.05) is 13.7 Å². The molecule has 0 spiro atoms. The summed E-state index contributed by atoms with van der Waals surface area (Å²) in [6, 6.07) is 13.8. The number of methoxy groups -OCH3 is 1. The van der Waals surface area contributed by atoms with Crippen LogP contribution >= 0.6 is 0 Å². The Labute approximate surface area is 252 Å². The summed E-state index contributed by atoms with van der Waals surface area (Å²) in [7, 11) is 1.28. The van der Waals surface area contributed by atoms with Crippen molar-refractivity contribution in [1.82, 2.24) is 10.6 Å². The van der Waals surface area contributed by atoms with Gasteiger partial charge in [-0.2, -0.15) is 13.2 Å². The molecular formula is C33H35F5N2O4. The Morgan fingerprint density at radius 3 is 2.27 bits per heavy atom. The molecule has 0 heterocycles. The van der Waals surface area contributed by atoms with Gasteiger partial charge in [0.25, 0.3) is 0 Å². The van der Waals surface area contributed by atoms with Gasteiger partial charge in [0, 0.05) is 18.9 Å². The summed E-state index contributed by atoms with van der Waals surface area (Å²) in [6.45, 7) is 0.0385. The number of ether oxygens (including phenoxy) is 2. The number of benzene rings is 3. The minimum absolute atomic E-state index is 0.0385. The van der Waals surface area contributed by atoms with Crippen LogP contribution < -0.4 is 15.4 Å². The summed E-state index contributed by atoms with van der Waals surface area (Å²) in [5.74, 6) is -2.47. The molecule has 1 fully saturated rings. The fourth-order valence-electron chi connectivity index (χ4n) is 5.48. The number of hydrogen-bond donors (Lipinski definition) is 2. The Morgan fingerprint density at radius 2 is 1.59 bits per heavy atom. The van der Waals surface area contributed by atoms with Gasteiger partial charge in [-0.3, -0.25) is 4.79 Å². The van der Waals surface area contributed by atoms with Crippen LogP contribution in [-0.4, -0.2) is 31.8 Å². The topological polar surface area (TPSA) is 76.7 Å². The van der Waals surface area contributed by atoms with E-state index in [4.69, 9.17) is 4.74 Å². The molecule has 11 heteroatoms. The molecule has 6 nitrogen and oxygen atoms in total. The van der Waals surface area contributed by atoms with Crippen molar-refractivity contribution in [1.29, 1.82) is 0 Å². The average Bonchev–Trinajstić information content (AvgIpc) is 3.50. The molecule has 1 aliphatic carbocycles. The van der Waals surface area contributed by atoms with Crippen LogP contribution in [0.15, 0.2) is 66.7 Å². The lowest BCUT2D eigenvalue weighted by Crippen LogP contribution is -2.53. The average molecular weight is 619 g/mol. The number of nitrogens with one attached hydrogen (secondary N) is 2. The molecule has 0 bridgehead atoms. The molecule has 44 heavy (non-hydrogen) atoms. The maximum atomic E-state index is 15.0. The van der Waals surface area contributed by atoms with Crippen LogP contribution in [0.4, 0.5) is 26.7 Å². The van der Waals surface area contributed by atoms with Crippen molar-refractivity contribution < 1.29 is 41.0 Å². The SMILES string of the molecule is COC(=O)CCCCOc1cc(C(Cc2ccccc2)(NC(=O)NC2CCCC2)c2cc(F)cc(C(F)(F)F)c2)ccc1F. The van der Waals surface area contributed by atoms with Crippen LogP contribution in [0, 0.1) is 11.6 Å². The standard InChI is InChI=1S/C33H35F5N2O4/c1-43-30(41)13-7-8-16-44-29-20-23(14-15-28(29)35)32(21-22-9-3-2-4-10-22,40-31(42)39-27-11-5-6-12-27)24-17-25(33(36,37)38)19-26(34)18-24/h2-4,9-10,14-15,17-20,27H,5-8,11-13,16,21H2,1H3,(H2,39,40,42). The van der Waals surface area contributed by atoms with E-state index < -0.39 is 34.9 Å². The van der Waals surface area contributed by atoms with Gasteiger partial charge in [0.2, 0.25) is 0 Å². The van der Waals surface area contributed by atoms with Crippen LogP contribution in [0.2, 0.25) is 0 Å². The predicted octanol–water partition coefficient (Wildman–Crippen LogP) is 7.43. The quantitative estimate of drug-likeness (QED) is 0.126. The second kappa shape index (κ2) is 14.5. The third-order valence-electron chi connectivity index (χ3n) is 7.73. The second-order valence-corrected chi connectivity index (χ2v) is 10.9. The first kappa shape index (κ1) is 32.8. The van der Waals surface area contributed by atoms with E-state index in [0.29, 0.717) is 24.5 Å². The lowest BCUT2D eigenvalue weighted by molar-refractivity contribution is -0.141. The van der Waals surface area contributed by atoms with E-state index in [1.165, 1.54) is 19.2 Å². The van der Waals surface area contributed by atoms with E-state index >= 15 is 0 Å². The molecule has 0 radical (unpaired) electrons. The first-order valence-electron chi connectivity index (χ1n) is 14.5. The number of esters is 1. The van der Waals surface area contributed by atoms with E-state index in [1.54, 1.807) is 30.3 Å². The molecule has 1 atom stereocenters. The summed E-state index contributed by atoms with van der Waals surface area (Å²) in [5.41, 5.74) is -2.37. The van der Waals surface area contributed by atoms with Crippen molar-refractivity contribution in [2.24, 2.45) is 0 Å². The summed E-state index contributed by atoms with van der Waals surface area (Å²) in [4.78, 5) is 24.9. The van der Waals surface area contributed by atoms with Crippen LogP contribution in [0.1, 0.15) is 67.2 Å². The van der Waals surface area contributed by atoms with Gasteiger partial charge in [0.15, 0.2) is 11.6 Å². The number of unbranched alkanes of at least 4 members (excludes halogenated alkanes) is 1.